The molecule has 1 aromatic rings. The Kier molecular flexibility index (Phi) is 3.26. The zero-order valence-corrected chi connectivity index (χ0v) is 9.28. The number of hydrogen-bond donors (Lipinski definition) is 1. The number of piperidine rings is 1. The average Bonchev–Trinajstić information content (AvgIpc) is 2.78. The molecular weight excluding hydrogens is 190 g/mol. The third kappa shape index (κ3) is 2.31. The van der Waals surface area contributed by atoms with E-state index in [1.54, 1.807) is 6.26 Å². The topological polar surface area (TPSA) is 55.3 Å². The highest BCUT2D eigenvalue weighted by atomic mass is 16.4. The van der Waals surface area contributed by atoms with Gasteiger partial charge < -0.3 is 15.1 Å². The second-order valence-corrected chi connectivity index (χ2v) is 4.19. The third-order valence-electron chi connectivity index (χ3n) is 3.12. The fraction of sp³-hybridized carbons (Fsp3) is 0.727. The zero-order valence-electron chi connectivity index (χ0n) is 9.28. The van der Waals surface area contributed by atoms with Crippen LogP contribution in [0.25, 0.3) is 0 Å². The molecule has 0 saturated carbocycles. The van der Waals surface area contributed by atoms with Crippen LogP contribution in [0.4, 0.5) is 6.01 Å². The molecule has 2 rings (SSSR count). The van der Waals surface area contributed by atoms with Crippen LogP contribution in [0, 0.1) is 5.92 Å². The fourth-order valence-corrected chi connectivity index (χ4v) is 2.11. The molecule has 1 fully saturated rings. The molecule has 1 saturated heterocycles. The minimum absolute atomic E-state index is 0.453. The Bertz CT molecular complexity index is 311. The monoisotopic (exact) mass is 209 g/mol. The summed E-state index contributed by atoms with van der Waals surface area (Å²) in [5.74, 6) is 0.784. The van der Waals surface area contributed by atoms with E-state index in [0.29, 0.717) is 6.54 Å². The van der Waals surface area contributed by atoms with Crippen LogP contribution in [0.5, 0.6) is 0 Å². The molecule has 0 aromatic carbocycles. The molecule has 1 atom stereocenters. The first-order chi connectivity index (χ1) is 7.33. The number of nitrogens with two attached hydrogens (primary N) is 1. The fourth-order valence-electron chi connectivity index (χ4n) is 2.11. The van der Waals surface area contributed by atoms with Crippen LogP contribution in [-0.2, 0) is 6.54 Å². The van der Waals surface area contributed by atoms with E-state index in [1.807, 2.05) is 0 Å². The summed E-state index contributed by atoms with van der Waals surface area (Å²) < 4.78 is 5.42. The quantitative estimate of drug-likeness (QED) is 0.824. The highest BCUT2D eigenvalue weighted by Gasteiger charge is 2.21. The molecule has 4 nitrogen and oxygen atoms in total. The molecule has 2 N–H and O–H groups in total. The van der Waals surface area contributed by atoms with Crippen molar-refractivity contribution in [2.75, 3.05) is 18.0 Å². The van der Waals surface area contributed by atoms with Gasteiger partial charge in [-0.25, -0.2) is 0 Å². The molecule has 0 aliphatic carbocycles. The van der Waals surface area contributed by atoms with Gasteiger partial charge in [-0.2, -0.15) is 4.98 Å². The van der Waals surface area contributed by atoms with Gasteiger partial charge in [0.2, 0.25) is 0 Å². The largest absolute Gasteiger partial charge is 0.432 e. The van der Waals surface area contributed by atoms with E-state index in [9.17, 15) is 0 Å². The Hall–Kier alpha value is -1.03. The Balaban J connectivity index is 2.03. The number of anilines is 1. The van der Waals surface area contributed by atoms with E-state index in [-0.39, 0.29) is 0 Å². The molecule has 1 aliphatic rings. The van der Waals surface area contributed by atoms with Gasteiger partial charge in [0, 0.05) is 19.6 Å². The van der Waals surface area contributed by atoms with Crippen molar-refractivity contribution in [1.29, 1.82) is 0 Å². The third-order valence-corrected chi connectivity index (χ3v) is 3.12. The van der Waals surface area contributed by atoms with E-state index in [2.05, 4.69) is 16.8 Å². The molecule has 1 aliphatic heterocycles. The summed E-state index contributed by atoms with van der Waals surface area (Å²) in [7, 11) is 0. The van der Waals surface area contributed by atoms with Gasteiger partial charge in [0.15, 0.2) is 0 Å². The second-order valence-electron chi connectivity index (χ2n) is 4.19. The van der Waals surface area contributed by atoms with Crippen LogP contribution >= 0.6 is 0 Å². The van der Waals surface area contributed by atoms with Gasteiger partial charge >= 0.3 is 0 Å². The van der Waals surface area contributed by atoms with Crippen molar-refractivity contribution in [2.24, 2.45) is 11.7 Å². The lowest BCUT2D eigenvalue weighted by Crippen LogP contribution is -2.35. The SMILES string of the molecule is CCC1CCCN(c2nc(CN)co2)C1. The summed E-state index contributed by atoms with van der Waals surface area (Å²) >= 11 is 0. The van der Waals surface area contributed by atoms with Crippen LogP contribution in [0.3, 0.4) is 0 Å². The molecule has 0 spiro atoms. The van der Waals surface area contributed by atoms with Gasteiger partial charge in [0.05, 0.1) is 5.69 Å². The Morgan fingerprint density at radius 1 is 1.67 bits per heavy atom. The Morgan fingerprint density at radius 3 is 3.20 bits per heavy atom. The highest BCUT2D eigenvalue weighted by Crippen LogP contribution is 2.24. The van der Waals surface area contributed by atoms with Crippen molar-refractivity contribution >= 4 is 6.01 Å². The number of nitrogens with zero attached hydrogens (tertiary/aromatic N) is 2. The zero-order chi connectivity index (χ0) is 10.7. The molecule has 15 heavy (non-hydrogen) atoms. The molecule has 1 aromatic heterocycles. The highest BCUT2D eigenvalue weighted by molar-refractivity contribution is 5.27. The second kappa shape index (κ2) is 4.66. The van der Waals surface area contributed by atoms with Gasteiger partial charge in [-0.3, -0.25) is 0 Å². The van der Waals surface area contributed by atoms with Crippen LogP contribution in [-0.4, -0.2) is 18.1 Å². The summed E-state index contributed by atoms with van der Waals surface area (Å²) in [6.07, 6.45) is 5.46. The van der Waals surface area contributed by atoms with Gasteiger partial charge in [-0.15, -0.1) is 0 Å². The first-order valence-corrected chi connectivity index (χ1v) is 5.73. The lowest BCUT2D eigenvalue weighted by molar-refractivity contribution is 0.384. The standard InChI is InChI=1S/C11H19N3O/c1-2-9-4-3-5-14(7-9)11-13-10(6-12)8-15-11/h8-9H,2-7,12H2,1H3. The van der Waals surface area contributed by atoms with Crippen molar-refractivity contribution in [2.45, 2.75) is 32.7 Å². The van der Waals surface area contributed by atoms with Crippen LogP contribution in [0.1, 0.15) is 31.9 Å². The summed E-state index contributed by atoms with van der Waals surface area (Å²) in [6.45, 7) is 4.83. The molecule has 2 heterocycles. The molecule has 0 bridgehead atoms. The predicted octanol–water partition coefficient (Wildman–Crippen LogP) is 1.76. The van der Waals surface area contributed by atoms with Crippen molar-refractivity contribution in [3.8, 4) is 0 Å². The molecule has 0 amide bonds. The van der Waals surface area contributed by atoms with E-state index >= 15 is 0 Å². The molecule has 1 unspecified atom stereocenters. The van der Waals surface area contributed by atoms with Crippen LogP contribution in [0.15, 0.2) is 10.7 Å². The predicted molar refractivity (Wildman–Crippen MR) is 59.6 cm³/mol. The summed E-state index contributed by atoms with van der Waals surface area (Å²) in [5, 5.41) is 0. The van der Waals surface area contributed by atoms with Crippen molar-refractivity contribution in [3.63, 3.8) is 0 Å². The lowest BCUT2D eigenvalue weighted by atomic mass is 9.96. The van der Waals surface area contributed by atoms with Crippen LogP contribution < -0.4 is 10.6 Å². The first kappa shape index (κ1) is 10.5. The first-order valence-electron chi connectivity index (χ1n) is 5.73. The number of rotatable bonds is 3. The van der Waals surface area contributed by atoms with Gasteiger partial charge in [-0.1, -0.05) is 13.3 Å². The maximum Gasteiger partial charge on any atom is 0.297 e. The van der Waals surface area contributed by atoms with Gasteiger partial charge in [0.25, 0.3) is 6.01 Å². The Labute approximate surface area is 90.5 Å². The summed E-state index contributed by atoms with van der Waals surface area (Å²) in [6, 6.07) is 0.744. The Morgan fingerprint density at radius 2 is 2.53 bits per heavy atom. The molecule has 0 radical (unpaired) electrons. The van der Waals surface area contributed by atoms with Crippen molar-refractivity contribution < 1.29 is 4.42 Å². The van der Waals surface area contributed by atoms with Crippen LogP contribution in [0.2, 0.25) is 0 Å². The number of oxazole rings is 1. The number of hydrogen-bond acceptors (Lipinski definition) is 4. The van der Waals surface area contributed by atoms with E-state index in [1.165, 1.54) is 19.3 Å². The summed E-state index contributed by atoms with van der Waals surface area (Å²) in [5.41, 5.74) is 6.34. The smallest absolute Gasteiger partial charge is 0.297 e. The van der Waals surface area contributed by atoms with E-state index in [4.69, 9.17) is 10.2 Å². The van der Waals surface area contributed by atoms with E-state index < -0.39 is 0 Å². The minimum atomic E-state index is 0.453. The van der Waals surface area contributed by atoms with Gasteiger partial charge in [-0.05, 0) is 18.8 Å². The number of aromatic nitrogens is 1. The lowest BCUT2D eigenvalue weighted by Gasteiger charge is -2.30. The normalized spacial score (nSPS) is 22.0. The van der Waals surface area contributed by atoms with Crippen molar-refractivity contribution in [3.05, 3.63) is 12.0 Å². The summed E-state index contributed by atoms with van der Waals surface area (Å²) in [4.78, 5) is 6.59. The maximum absolute atomic E-state index is 5.51. The average molecular weight is 209 g/mol. The minimum Gasteiger partial charge on any atom is -0.432 e. The van der Waals surface area contributed by atoms with Crippen molar-refractivity contribution in [1.82, 2.24) is 4.98 Å². The molecule has 4 heteroatoms. The van der Waals surface area contributed by atoms with E-state index in [0.717, 1.165) is 30.7 Å². The molecular formula is C11H19N3O. The molecule has 84 valence electrons. The maximum atomic E-state index is 5.51. The van der Waals surface area contributed by atoms with Gasteiger partial charge in [0.1, 0.15) is 6.26 Å².